The molecular weight excluding hydrogens is 360 g/mol. The fourth-order valence-corrected chi connectivity index (χ4v) is 3.61. The summed E-state index contributed by atoms with van der Waals surface area (Å²) in [5, 5.41) is 2.94. The predicted molar refractivity (Wildman–Crippen MR) is 105 cm³/mol. The van der Waals surface area contributed by atoms with Crippen LogP contribution in [0.25, 0.3) is 0 Å². The quantitative estimate of drug-likeness (QED) is 0.664. The highest BCUT2D eigenvalue weighted by atomic mass is 32.2. The number of oxazole rings is 1. The summed E-state index contributed by atoms with van der Waals surface area (Å²) in [6.07, 6.45) is 3.15. The van der Waals surface area contributed by atoms with Crippen molar-refractivity contribution in [1.82, 2.24) is 15.0 Å². The van der Waals surface area contributed by atoms with Gasteiger partial charge in [-0.2, -0.15) is 0 Å². The van der Waals surface area contributed by atoms with Gasteiger partial charge in [0.15, 0.2) is 0 Å². The van der Waals surface area contributed by atoms with Crippen molar-refractivity contribution in [2.24, 2.45) is 4.99 Å². The van der Waals surface area contributed by atoms with Crippen molar-refractivity contribution in [1.29, 1.82) is 0 Å². The Balaban J connectivity index is 1.52. The van der Waals surface area contributed by atoms with Crippen molar-refractivity contribution >= 4 is 29.4 Å². The molecule has 2 aromatic carbocycles. The molecule has 0 aliphatic carbocycles. The SMILES string of the molecule is Cc1cccc(C(CNC(=O)C2=Nc3ccccc3SN2)c2ncco2)c1. The van der Waals surface area contributed by atoms with Crippen LogP contribution in [0.1, 0.15) is 22.9 Å². The highest BCUT2D eigenvalue weighted by Crippen LogP contribution is 2.30. The van der Waals surface area contributed by atoms with E-state index in [4.69, 9.17) is 4.42 Å². The molecule has 0 bridgehead atoms. The molecule has 2 N–H and O–H groups in total. The van der Waals surface area contributed by atoms with Crippen LogP contribution in [0.4, 0.5) is 5.69 Å². The Labute approximate surface area is 161 Å². The molecule has 0 fully saturated rings. The van der Waals surface area contributed by atoms with Gasteiger partial charge >= 0.3 is 0 Å². The average molecular weight is 378 g/mol. The largest absolute Gasteiger partial charge is 0.448 e. The molecule has 1 aliphatic heterocycles. The Bertz CT molecular complexity index is 985. The van der Waals surface area contributed by atoms with Crippen LogP contribution in [-0.4, -0.2) is 23.3 Å². The molecule has 0 saturated heterocycles. The lowest BCUT2D eigenvalue weighted by molar-refractivity contribution is -0.115. The maximum Gasteiger partial charge on any atom is 0.287 e. The van der Waals surface area contributed by atoms with Gasteiger partial charge in [-0.25, -0.2) is 9.98 Å². The molecule has 0 radical (unpaired) electrons. The lowest BCUT2D eigenvalue weighted by atomic mass is 9.97. The van der Waals surface area contributed by atoms with Gasteiger partial charge in [0.1, 0.15) is 6.26 Å². The van der Waals surface area contributed by atoms with E-state index in [9.17, 15) is 4.79 Å². The number of para-hydroxylation sites is 1. The molecule has 136 valence electrons. The van der Waals surface area contributed by atoms with Gasteiger partial charge in [-0.1, -0.05) is 42.0 Å². The van der Waals surface area contributed by atoms with Gasteiger partial charge in [0, 0.05) is 6.54 Å². The van der Waals surface area contributed by atoms with Gasteiger partial charge in [0.05, 0.1) is 22.7 Å². The minimum Gasteiger partial charge on any atom is -0.448 e. The summed E-state index contributed by atoms with van der Waals surface area (Å²) >= 11 is 1.38. The number of nitrogens with zero attached hydrogens (tertiary/aromatic N) is 2. The van der Waals surface area contributed by atoms with E-state index in [1.807, 2.05) is 49.4 Å². The summed E-state index contributed by atoms with van der Waals surface area (Å²) in [5.41, 5.74) is 2.96. The minimum absolute atomic E-state index is 0.173. The van der Waals surface area contributed by atoms with Crippen LogP contribution < -0.4 is 10.0 Å². The summed E-state index contributed by atoms with van der Waals surface area (Å²) in [6, 6.07) is 15.8. The van der Waals surface area contributed by atoms with Crippen molar-refractivity contribution < 1.29 is 9.21 Å². The number of hydrogen-bond donors (Lipinski definition) is 2. The standard InChI is InChI=1S/C20H18N4O2S/c1-13-5-4-6-14(11-13)15(20-21-9-10-26-20)12-22-19(25)18-23-16-7-2-3-8-17(16)27-24-18/h2-11,15H,12H2,1H3,(H,22,25)(H,23,24). The number of nitrogens with one attached hydrogen (secondary N) is 2. The van der Waals surface area contributed by atoms with Gasteiger partial charge in [0.25, 0.3) is 5.91 Å². The maximum absolute atomic E-state index is 12.6. The first kappa shape index (κ1) is 17.4. The summed E-state index contributed by atoms with van der Waals surface area (Å²) in [7, 11) is 0. The third-order valence-corrected chi connectivity index (χ3v) is 5.09. The number of carbonyl (C=O) groups excluding carboxylic acids is 1. The van der Waals surface area contributed by atoms with E-state index in [-0.39, 0.29) is 17.7 Å². The zero-order valence-corrected chi connectivity index (χ0v) is 15.5. The number of amidine groups is 1. The van der Waals surface area contributed by atoms with E-state index in [0.717, 1.165) is 21.7 Å². The third kappa shape index (κ3) is 3.88. The maximum atomic E-state index is 12.6. The molecule has 1 atom stereocenters. The number of hydrogen-bond acceptors (Lipinski definition) is 6. The molecule has 1 amide bonds. The van der Waals surface area contributed by atoms with Crippen LogP contribution in [0.2, 0.25) is 0 Å². The highest BCUT2D eigenvalue weighted by molar-refractivity contribution is 7.98. The van der Waals surface area contributed by atoms with Gasteiger partial charge in [-0.05, 0) is 36.6 Å². The summed E-state index contributed by atoms with van der Waals surface area (Å²) < 4.78 is 8.50. The molecule has 1 aromatic heterocycles. The second-order valence-corrected chi connectivity index (χ2v) is 7.03. The van der Waals surface area contributed by atoms with Crippen LogP contribution in [0.5, 0.6) is 0 Å². The van der Waals surface area contributed by atoms with Gasteiger partial charge in [-0.15, -0.1) is 0 Å². The molecule has 3 aromatic rings. The topological polar surface area (TPSA) is 79.5 Å². The Kier molecular flexibility index (Phi) is 4.93. The van der Waals surface area contributed by atoms with Crippen LogP contribution in [0, 0.1) is 6.92 Å². The van der Waals surface area contributed by atoms with Crippen LogP contribution in [0.3, 0.4) is 0 Å². The van der Waals surface area contributed by atoms with E-state index < -0.39 is 0 Å². The van der Waals surface area contributed by atoms with E-state index >= 15 is 0 Å². The van der Waals surface area contributed by atoms with Crippen molar-refractivity contribution in [2.75, 3.05) is 6.54 Å². The molecule has 2 heterocycles. The first-order chi connectivity index (χ1) is 13.2. The van der Waals surface area contributed by atoms with E-state index in [1.54, 1.807) is 12.5 Å². The van der Waals surface area contributed by atoms with Crippen LogP contribution >= 0.6 is 11.9 Å². The fourth-order valence-electron chi connectivity index (χ4n) is 2.90. The van der Waals surface area contributed by atoms with Crippen LogP contribution in [-0.2, 0) is 4.79 Å². The minimum atomic E-state index is -0.263. The molecule has 27 heavy (non-hydrogen) atoms. The number of benzene rings is 2. The summed E-state index contributed by atoms with van der Waals surface area (Å²) in [6.45, 7) is 2.39. The molecule has 4 rings (SSSR count). The van der Waals surface area contributed by atoms with Crippen LogP contribution in [0.15, 0.2) is 75.3 Å². The third-order valence-electron chi connectivity index (χ3n) is 4.23. The Morgan fingerprint density at radius 2 is 2.15 bits per heavy atom. The number of aliphatic imine (C=N–C) groups is 1. The fraction of sp³-hybridized carbons (Fsp3) is 0.150. The van der Waals surface area contributed by atoms with Crippen molar-refractivity contribution in [2.45, 2.75) is 17.7 Å². The molecule has 0 saturated carbocycles. The first-order valence-electron chi connectivity index (χ1n) is 8.55. The predicted octanol–water partition coefficient (Wildman–Crippen LogP) is 3.57. The zero-order valence-electron chi connectivity index (χ0n) is 14.7. The first-order valence-corrected chi connectivity index (χ1v) is 9.37. The Morgan fingerprint density at radius 1 is 1.26 bits per heavy atom. The number of aromatic nitrogens is 1. The van der Waals surface area contributed by atoms with E-state index in [1.165, 1.54) is 11.9 Å². The van der Waals surface area contributed by atoms with E-state index in [2.05, 4.69) is 26.1 Å². The summed E-state index contributed by atoms with van der Waals surface area (Å²) in [4.78, 5) is 22.3. The highest BCUT2D eigenvalue weighted by Gasteiger charge is 2.23. The number of amides is 1. The van der Waals surface area contributed by atoms with Crippen molar-refractivity contribution in [3.8, 4) is 0 Å². The van der Waals surface area contributed by atoms with Crippen molar-refractivity contribution in [3.05, 3.63) is 78.0 Å². The van der Waals surface area contributed by atoms with Gasteiger partial charge in [-0.3, -0.25) is 4.79 Å². The number of fused-ring (bicyclic) bond motifs is 1. The lowest BCUT2D eigenvalue weighted by Gasteiger charge is -2.18. The molecule has 0 spiro atoms. The number of aryl methyl sites for hydroxylation is 1. The second-order valence-electron chi connectivity index (χ2n) is 6.18. The normalized spacial score (nSPS) is 13.9. The molecule has 6 nitrogen and oxygen atoms in total. The second kappa shape index (κ2) is 7.67. The summed E-state index contributed by atoms with van der Waals surface area (Å²) in [5.74, 6) is 0.419. The van der Waals surface area contributed by atoms with Gasteiger partial charge in [0.2, 0.25) is 11.7 Å². The van der Waals surface area contributed by atoms with Crippen molar-refractivity contribution in [3.63, 3.8) is 0 Å². The smallest absolute Gasteiger partial charge is 0.287 e. The zero-order chi connectivity index (χ0) is 18.6. The lowest BCUT2D eigenvalue weighted by Crippen LogP contribution is -2.40. The molecular formula is C20H18N4O2S. The van der Waals surface area contributed by atoms with E-state index in [0.29, 0.717) is 12.4 Å². The molecule has 7 heteroatoms. The number of carbonyl (C=O) groups is 1. The molecule has 1 aliphatic rings. The monoisotopic (exact) mass is 378 g/mol. The Hall–Kier alpha value is -3.06. The molecule has 1 unspecified atom stereocenters. The Morgan fingerprint density at radius 3 is 2.96 bits per heavy atom. The van der Waals surface area contributed by atoms with Gasteiger partial charge < -0.3 is 14.5 Å². The average Bonchev–Trinajstić information content (AvgIpc) is 3.22. The number of rotatable bonds is 5.